The highest BCUT2D eigenvalue weighted by molar-refractivity contribution is 14.1. The normalized spacial score (nSPS) is 12.7. The summed E-state index contributed by atoms with van der Waals surface area (Å²) in [6, 6.07) is 5.82. The predicted octanol–water partition coefficient (Wildman–Crippen LogP) is 4.01. The molecule has 1 heterocycles. The molecule has 0 aliphatic heterocycles. The van der Waals surface area contributed by atoms with Gasteiger partial charge in [-0.25, -0.2) is 0 Å². The Labute approximate surface area is 132 Å². The number of rotatable bonds is 3. The predicted molar refractivity (Wildman–Crippen MR) is 83.8 cm³/mol. The lowest BCUT2D eigenvalue weighted by atomic mass is 10.1. The highest BCUT2D eigenvalue weighted by Gasteiger charge is 2.21. The lowest BCUT2D eigenvalue weighted by molar-refractivity contribution is 0.207. The number of aromatic nitrogens is 2. The van der Waals surface area contributed by atoms with Crippen LogP contribution in [0, 0.1) is 3.57 Å². The molecule has 0 saturated heterocycles. The molecule has 0 saturated carbocycles. The van der Waals surface area contributed by atoms with E-state index in [9.17, 15) is 5.11 Å². The molecular formula is C12H11BrClIN2O. The maximum absolute atomic E-state index is 10.5. The third-order valence-electron chi connectivity index (χ3n) is 2.64. The number of halogens is 3. The Morgan fingerprint density at radius 1 is 1.56 bits per heavy atom. The largest absolute Gasteiger partial charge is 0.382 e. The van der Waals surface area contributed by atoms with E-state index in [1.165, 1.54) is 0 Å². The zero-order valence-corrected chi connectivity index (χ0v) is 14.1. The minimum Gasteiger partial charge on any atom is -0.382 e. The summed E-state index contributed by atoms with van der Waals surface area (Å²) in [6.45, 7) is 2.63. The van der Waals surface area contributed by atoms with Crippen LogP contribution in [0.2, 0.25) is 5.02 Å². The Kier molecular flexibility index (Phi) is 4.69. The second kappa shape index (κ2) is 5.90. The maximum atomic E-state index is 10.5. The summed E-state index contributed by atoms with van der Waals surface area (Å²) in [6.07, 6.45) is 0.773. The quantitative estimate of drug-likeness (QED) is 0.732. The molecule has 2 aromatic rings. The fourth-order valence-corrected chi connectivity index (χ4v) is 2.99. The van der Waals surface area contributed by atoms with Crippen LogP contribution >= 0.6 is 50.1 Å². The van der Waals surface area contributed by atoms with Crippen molar-refractivity contribution in [3.8, 4) is 0 Å². The van der Waals surface area contributed by atoms with Crippen LogP contribution in [0.4, 0.5) is 0 Å². The molecule has 0 fully saturated rings. The van der Waals surface area contributed by atoms with Crippen molar-refractivity contribution in [2.75, 3.05) is 0 Å². The lowest BCUT2D eigenvalue weighted by Crippen LogP contribution is -2.10. The van der Waals surface area contributed by atoms with Crippen molar-refractivity contribution >= 4 is 50.1 Å². The summed E-state index contributed by atoms with van der Waals surface area (Å²) in [5, 5.41) is 15.1. The van der Waals surface area contributed by atoms with Gasteiger partial charge in [-0.15, -0.1) is 0 Å². The van der Waals surface area contributed by atoms with Gasteiger partial charge in [-0.2, -0.15) is 5.10 Å². The van der Waals surface area contributed by atoms with Crippen LogP contribution in [0.15, 0.2) is 28.9 Å². The maximum Gasteiger partial charge on any atom is 0.123 e. The summed E-state index contributed by atoms with van der Waals surface area (Å²) in [5.41, 5.74) is 1.42. The van der Waals surface area contributed by atoms with Crippen LogP contribution in [0.1, 0.15) is 24.3 Å². The van der Waals surface area contributed by atoms with Gasteiger partial charge in [0, 0.05) is 20.2 Å². The summed E-state index contributed by atoms with van der Waals surface area (Å²) in [5.74, 6) is 0. The molecule has 1 unspecified atom stereocenters. The molecule has 0 spiro atoms. The Balaban J connectivity index is 2.50. The van der Waals surface area contributed by atoms with E-state index < -0.39 is 6.10 Å². The summed E-state index contributed by atoms with van der Waals surface area (Å²) < 4.78 is 3.62. The minimum absolute atomic E-state index is 0.482. The first-order valence-electron chi connectivity index (χ1n) is 5.38. The number of aryl methyl sites for hydroxylation is 1. The van der Waals surface area contributed by atoms with Gasteiger partial charge in [0.2, 0.25) is 0 Å². The van der Waals surface area contributed by atoms with Crippen LogP contribution in [0.3, 0.4) is 0 Å². The monoisotopic (exact) mass is 440 g/mol. The molecule has 6 heteroatoms. The zero-order chi connectivity index (χ0) is 13.3. The van der Waals surface area contributed by atoms with Gasteiger partial charge in [0.1, 0.15) is 6.10 Å². The molecule has 1 aromatic carbocycles. The second-order valence-electron chi connectivity index (χ2n) is 3.76. The number of hydrogen-bond acceptors (Lipinski definition) is 2. The molecule has 96 valence electrons. The average molecular weight is 441 g/mol. The molecular weight excluding hydrogens is 430 g/mol. The minimum atomic E-state index is -0.788. The van der Waals surface area contributed by atoms with Crippen molar-refractivity contribution in [3.63, 3.8) is 0 Å². The topological polar surface area (TPSA) is 38.0 Å². The van der Waals surface area contributed by atoms with Crippen LogP contribution in [-0.4, -0.2) is 14.9 Å². The van der Waals surface area contributed by atoms with E-state index in [1.54, 1.807) is 10.9 Å². The van der Waals surface area contributed by atoms with Gasteiger partial charge in [-0.3, -0.25) is 4.68 Å². The van der Waals surface area contributed by atoms with E-state index >= 15 is 0 Å². The summed E-state index contributed by atoms with van der Waals surface area (Å²) in [7, 11) is 0. The van der Waals surface area contributed by atoms with Crippen LogP contribution < -0.4 is 0 Å². The first-order valence-corrected chi connectivity index (χ1v) is 7.63. The Morgan fingerprint density at radius 3 is 2.94 bits per heavy atom. The summed E-state index contributed by atoms with van der Waals surface area (Å²) >= 11 is 11.8. The highest BCUT2D eigenvalue weighted by atomic mass is 127. The van der Waals surface area contributed by atoms with Crippen LogP contribution in [-0.2, 0) is 6.54 Å². The molecule has 18 heavy (non-hydrogen) atoms. The molecule has 1 atom stereocenters. The van der Waals surface area contributed by atoms with Crippen molar-refractivity contribution in [2.24, 2.45) is 0 Å². The molecule has 2 rings (SSSR count). The van der Waals surface area contributed by atoms with Gasteiger partial charge in [-0.05, 0) is 47.7 Å². The van der Waals surface area contributed by atoms with Crippen molar-refractivity contribution in [1.82, 2.24) is 9.78 Å². The fraction of sp³-hybridized carbons (Fsp3) is 0.250. The van der Waals surface area contributed by atoms with E-state index in [-0.39, 0.29) is 0 Å². The first-order chi connectivity index (χ1) is 8.54. The third-order valence-corrected chi connectivity index (χ3v) is 4.33. The molecule has 1 N–H and O–H groups in total. The van der Waals surface area contributed by atoms with Crippen LogP contribution in [0.5, 0.6) is 0 Å². The van der Waals surface area contributed by atoms with Gasteiger partial charge in [0.25, 0.3) is 0 Å². The van der Waals surface area contributed by atoms with E-state index in [0.717, 1.165) is 13.6 Å². The van der Waals surface area contributed by atoms with Crippen molar-refractivity contribution in [3.05, 3.63) is 48.7 Å². The van der Waals surface area contributed by atoms with E-state index in [1.807, 2.05) is 25.1 Å². The Hall–Kier alpha value is -0.110. The number of nitrogens with zero attached hydrogens (tertiary/aromatic N) is 2. The lowest BCUT2D eigenvalue weighted by Gasteiger charge is -2.15. The molecule has 0 bridgehead atoms. The SMILES string of the molecule is CCn1ncc(Cl)c1C(O)c1cc(I)ccc1Br. The number of benzene rings is 1. The number of aliphatic hydroxyl groups is 1. The van der Waals surface area contributed by atoms with E-state index in [0.29, 0.717) is 17.3 Å². The highest BCUT2D eigenvalue weighted by Crippen LogP contribution is 2.33. The summed E-state index contributed by atoms with van der Waals surface area (Å²) in [4.78, 5) is 0. The van der Waals surface area contributed by atoms with Crippen molar-refractivity contribution in [2.45, 2.75) is 19.6 Å². The van der Waals surface area contributed by atoms with E-state index in [4.69, 9.17) is 11.6 Å². The van der Waals surface area contributed by atoms with Crippen molar-refractivity contribution < 1.29 is 5.11 Å². The van der Waals surface area contributed by atoms with Gasteiger partial charge in [0.05, 0.1) is 16.9 Å². The number of aliphatic hydroxyl groups excluding tert-OH is 1. The molecule has 1 aromatic heterocycles. The molecule has 0 aliphatic rings. The Bertz CT molecular complexity index is 573. The molecule has 0 radical (unpaired) electrons. The Morgan fingerprint density at radius 2 is 2.28 bits per heavy atom. The smallest absolute Gasteiger partial charge is 0.123 e. The number of hydrogen-bond donors (Lipinski definition) is 1. The molecule has 0 aliphatic carbocycles. The fourth-order valence-electron chi connectivity index (χ4n) is 1.77. The first kappa shape index (κ1) is 14.3. The zero-order valence-electron chi connectivity index (χ0n) is 9.57. The molecule has 3 nitrogen and oxygen atoms in total. The van der Waals surface area contributed by atoms with Gasteiger partial charge in [0.15, 0.2) is 0 Å². The standard InChI is InChI=1S/C12H11BrClIN2O/c1-2-17-11(10(14)6-16-17)12(18)8-5-7(15)3-4-9(8)13/h3-6,12,18H,2H2,1H3. The molecule has 0 amide bonds. The van der Waals surface area contributed by atoms with Crippen molar-refractivity contribution in [1.29, 1.82) is 0 Å². The van der Waals surface area contributed by atoms with E-state index in [2.05, 4.69) is 43.6 Å². The second-order valence-corrected chi connectivity index (χ2v) is 6.27. The van der Waals surface area contributed by atoms with Gasteiger partial charge >= 0.3 is 0 Å². The van der Waals surface area contributed by atoms with Crippen LogP contribution in [0.25, 0.3) is 0 Å². The van der Waals surface area contributed by atoms with Gasteiger partial charge in [-0.1, -0.05) is 27.5 Å². The average Bonchev–Trinajstić information content (AvgIpc) is 2.72. The van der Waals surface area contributed by atoms with Gasteiger partial charge < -0.3 is 5.11 Å². The third kappa shape index (κ3) is 2.74.